The maximum absolute atomic E-state index is 5.21. The van der Waals surface area contributed by atoms with Gasteiger partial charge in [-0.1, -0.05) is 25.3 Å². The number of nitrogens with one attached hydrogen (secondary N) is 1. The molecule has 1 saturated carbocycles. The van der Waals surface area contributed by atoms with Crippen molar-refractivity contribution in [2.24, 2.45) is 5.92 Å². The Balaban J connectivity index is 1.72. The monoisotopic (exact) mass is 297 g/mol. The van der Waals surface area contributed by atoms with E-state index in [9.17, 15) is 0 Å². The van der Waals surface area contributed by atoms with Crippen LogP contribution < -0.4 is 10.1 Å². The van der Waals surface area contributed by atoms with Crippen molar-refractivity contribution in [1.82, 2.24) is 5.32 Å². The second-order valence-electron chi connectivity index (χ2n) is 4.73. The van der Waals surface area contributed by atoms with Crippen molar-refractivity contribution in [2.45, 2.75) is 32.2 Å². The van der Waals surface area contributed by atoms with Crippen LogP contribution >= 0.6 is 15.9 Å². The van der Waals surface area contributed by atoms with E-state index in [-0.39, 0.29) is 0 Å². The molecule has 2 rings (SSSR count). The summed E-state index contributed by atoms with van der Waals surface area (Å²) < 4.78 is 6.24. The molecule has 1 N–H and O–H groups in total. The van der Waals surface area contributed by atoms with Gasteiger partial charge in [-0.25, -0.2) is 0 Å². The lowest BCUT2D eigenvalue weighted by Gasteiger charge is -2.25. The summed E-state index contributed by atoms with van der Waals surface area (Å²) in [5, 5.41) is 3.50. The van der Waals surface area contributed by atoms with Crippen LogP contribution in [0.5, 0.6) is 5.75 Å². The lowest BCUT2D eigenvalue weighted by atomic mass is 9.83. The molecule has 0 atom stereocenters. The first-order valence-electron chi connectivity index (χ1n) is 6.32. The van der Waals surface area contributed by atoms with Crippen molar-refractivity contribution in [2.75, 3.05) is 13.7 Å². The quantitative estimate of drug-likeness (QED) is 0.808. The van der Waals surface area contributed by atoms with Crippen molar-refractivity contribution in [3.8, 4) is 5.75 Å². The first kappa shape index (κ1) is 12.9. The zero-order chi connectivity index (χ0) is 12.1. The standard InChI is InChI=1S/C14H20BrNO/c1-17-14-6-5-12(9-13(14)15)10-16-8-7-11-3-2-4-11/h5-6,9,11,16H,2-4,7-8,10H2,1H3. The highest BCUT2D eigenvalue weighted by atomic mass is 79.9. The summed E-state index contributed by atoms with van der Waals surface area (Å²) in [5.74, 6) is 1.88. The Morgan fingerprint density at radius 2 is 2.24 bits per heavy atom. The first-order chi connectivity index (χ1) is 8.29. The van der Waals surface area contributed by atoms with Gasteiger partial charge in [0, 0.05) is 6.54 Å². The lowest BCUT2D eigenvalue weighted by Crippen LogP contribution is -2.21. The maximum atomic E-state index is 5.21. The van der Waals surface area contributed by atoms with E-state index in [1.165, 1.54) is 31.2 Å². The van der Waals surface area contributed by atoms with Crippen LogP contribution in [0.4, 0.5) is 0 Å². The number of methoxy groups -OCH3 is 1. The highest BCUT2D eigenvalue weighted by Gasteiger charge is 2.16. The SMILES string of the molecule is COc1ccc(CNCCC2CCC2)cc1Br. The third-order valence-corrected chi connectivity index (χ3v) is 4.12. The van der Waals surface area contributed by atoms with E-state index in [1.54, 1.807) is 7.11 Å². The summed E-state index contributed by atoms with van der Waals surface area (Å²) >= 11 is 3.51. The molecule has 0 amide bonds. The fourth-order valence-electron chi connectivity index (χ4n) is 2.14. The van der Waals surface area contributed by atoms with E-state index < -0.39 is 0 Å². The normalized spacial score (nSPS) is 15.6. The molecule has 0 aromatic heterocycles. The van der Waals surface area contributed by atoms with Gasteiger partial charge in [-0.2, -0.15) is 0 Å². The molecule has 0 aliphatic heterocycles. The van der Waals surface area contributed by atoms with E-state index in [1.807, 2.05) is 6.07 Å². The summed E-state index contributed by atoms with van der Waals surface area (Å²) in [4.78, 5) is 0. The van der Waals surface area contributed by atoms with Crippen molar-refractivity contribution >= 4 is 15.9 Å². The van der Waals surface area contributed by atoms with Gasteiger partial charge >= 0.3 is 0 Å². The summed E-state index contributed by atoms with van der Waals surface area (Å²) in [7, 11) is 1.69. The average Bonchev–Trinajstić information content (AvgIpc) is 2.26. The van der Waals surface area contributed by atoms with Crippen LogP contribution in [0, 0.1) is 5.92 Å². The summed E-state index contributed by atoms with van der Waals surface area (Å²) in [6.45, 7) is 2.07. The van der Waals surface area contributed by atoms with E-state index in [4.69, 9.17) is 4.74 Å². The van der Waals surface area contributed by atoms with Gasteiger partial charge in [-0.3, -0.25) is 0 Å². The summed E-state index contributed by atoms with van der Waals surface area (Å²) in [6.07, 6.45) is 5.65. The molecule has 0 heterocycles. The maximum Gasteiger partial charge on any atom is 0.133 e. The summed E-state index contributed by atoms with van der Waals surface area (Å²) in [5.41, 5.74) is 1.30. The molecule has 1 aliphatic rings. The Hall–Kier alpha value is -0.540. The molecule has 2 nitrogen and oxygen atoms in total. The Morgan fingerprint density at radius 1 is 1.41 bits per heavy atom. The average molecular weight is 298 g/mol. The number of hydrogen-bond donors (Lipinski definition) is 1. The molecule has 0 bridgehead atoms. The third-order valence-electron chi connectivity index (χ3n) is 3.50. The van der Waals surface area contributed by atoms with Crippen molar-refractivity contribution in [1.29, 1.82) is 0 Å². The van der Waals surface area contributed by atoms with Crippen LogP contribution in [0.15, 0.2) is 22.7 Å². The number of benzene rings is 1. The molecular weight excluding hydrogens is 278 g/mol. The van der Waals surface area contributed by atoms with Gasteiger partial charge in [0.25, 0.3) is 0 Å². The molecule has 0 unspecified atom stereocenters. The van der Waals surface area contributed by atoms with Crippen LogP contribution in [0.25, 0.3) is 0 Å². The highest BCUT2D eigenvalue weighted by molar-refractivity contribution is 9.10. The molecule has 1 aromatic carbocycles. The number of halogens is 1. The minimum Gasteiger partial charge on any atom is -0.496 e. The van der Waals surface area contributed by atoms with Gasteiger partial charge in [0.05, 0.1) is 11.6 Å². The van der Waals surface area contributed by atoms with Gasteiger partial charge in [0.1, 0.15) is 5.75 Å². The van der Waals surface area contributed by atoms with Gasteiger partial charge < -0.3 is 10.1 Å². The molecule has 1 aliphatic carbocycles. The lowest BCUT2D eigenvalue weighted by molar-refractivity contribution is 0.292. The van der Waals surface area contributed by atoms with Crippen molar-refractivity contribution < 1.29 is 4.74 Å². The fraction of sp³-hybridized carbons (Fsp3) is 0.571. The minimum absolute atomic E-state index is 0.892. The third kappa shape index (κ3) is 3.71. The van der Waals surface area contributed by atoms with Crippen LogP contribution in [0.3, 0.4) is 0 Å². The van der Waals surface area contributed by atoms with Crippen molar-refractivity contribution in [3.05, 3.63) is 28.2 Å². The molecular formula is C14H20BrNO. The molecule has 1 fully saturated rings. The Kier molecular flexibility index (Phi) is 4.86. The van der Waals surface area contributed by atoms with E-state index in [2.05, 4.69) is 33.4 Å². The zero-order valence-corrected chi connectivity index (χ0v) is 11.9. The van der Waals surface area contributed by atoms with Crippen LogP contribution in [-0.4, -0.2) is 13.7 Å². The predicted octanol–water partition coefficient (Wildman–Crippen LogP) is 3.74. The van der Waals surface area contributed by atoms with Crippen LogP contribution in [0.2, 0.25) is 0 Å². The van der Waals surface area contributed by atoms with Crippen molar-refractivity contribution in [3.63, 3.8) is 0 Å². The number of hydrogen-bond acceptors (Lipinski definition) is 2. The second-order valence-corrected chi connectivity index (χ2v) is 5.59. The first-order valence-corrected chi connectivity index (χ1v) is 7.12. The smallest absolute Gasteiger partial charge is 0.133 e. The van der Waals surface area contributed by atoms with Crippen LogP contribution in [0.1, 0.15) is 31.2 Å². The molecule has 0 radical (unpaired) electrons. The second kappa shape index (κ2) is 6.41. The highest BCUT2D eigenvalue weighted by Crippen LogP contribution is 2.29. The van der Waals surface area contributed by atoms with Gasteiger partial charge in [-0.15, -0.1) is 0 Å². The minimum atomic E-state index is 0.892. The number of rotatable bonds is 6. The van der Waals surface area contributed by atoms with Crippen LogP contribution in [-0.2, 0) is 6.54 Å². The van der Waals surface area contributed by atoms with E-state index in [0.29, 0.717) is 0 Å². The Bertz CT molecular complexity index is 363. The van der Waals surface area contributed by atoms with Gasteiger partial charge in [-0.05, 0) is 52.5 Å². The largest absolute Gasteiger partial charge is 0.496 e. The topological polar surface area (TPSA) is 21.3 Å². The Morgan fingerprint density at radius 3 is 2.82 bits per heavy atom. The van der Waals surface area contributed by atoms with Gasteiger partial charge in [0.2, 0.25) is 0 Å². The molecule has 0 spiro atoms. The fourth-order valence-corrected chi connectivity index (χ4v) is 2.73. The molecule has 94 valence electrons. The Labute approximate surface area is 112 Å². The molecule has 3 heteroatoms. The van der Waals surface area contributed by atoms with E-state index >= 15 is 0 Å². The molecule has 17 heavy (non-hydrogen) atoms. The van der Waals surface area contributed by atoms with E-state index in [0.717, 1.165) is 29.2 Å². The van der Waals surface area contributed by atoms with Gasteiger partial charge in [0.15, 0.2) is 0 Å². The predicted molar refractivity (Wildman–Crippen MR) is 74.4 cm³/mol. The summed E-state index contributed by atoms with van der Waals surface area (Å²) in [6, 6.07) is 6.24. The zero-order valence-electron chi connectivity index (χ0n) is 10.3. The molecule has 0 saturated heterocycles. The number of ether oxygens (including phenoxy) is 1. The molecule has 1 aromatic rings.